The molecule has 1 unspecified atom stereocenters. The van der Waals surface area contributed by atoms with Crippen molar-refractivity contribution >= 4 is 20.0 Å². The summed E-state index contributed by atoms with van der Waals surface area (Å²) in [7, 11) is -7.23. The van der Waals surface area contributed by atoms with Gasteiger partial charge < -0.3 is 0 Å². The highest BCUT2D eigenvalue weighted by Gasteiger charge is 2.29. The average molecular weight is 350 g/mol. The Hall–Kier alpha value is -1.03. The van der Waals surface area contributed by atoms with E-state index in [1.165, 1.54) is 16.4 Å². The van der Waals surface area contributed by atoms with Crippen molar-refractivity contribution in [2.45, 2.75) is 30.7 Å². The molecule has 2 rings (SSSR count). The fourth-order valence-electron chi connectivity index (χ4n) is 2.37. The molecule has 0 aliphatic carbocycles. The molecular formula is C13H19FN2O4S2. The first-order valence-electron chi connectivity index (χ1n) is 6.83. The number of benzene rings is 1. The molecular weight excluding hydrogens is 331 g/mol. The van der Waals surface area contributed by atoms with Crippen LogP contribution in [0.3, 0.4) is 0 Å². The monoisotopic (exact) mass is 350 g/mol. The summed E-state index contributed by atoms with van der Waals surface area (Å²) in [5.41, 5.74) is 0.361. The van der Waals surface area contributed by atoms with Gasteiger partial charge in [0, 0.05) is 19.1 Å². The molecule has 0 saturated carbocycles. The van der Waals surface area contributed by atoms with Gasteiger partial charge in [-0.15, -0.1) is 0 Å². The van der Waals surface area contributed by atoms with Crippen molar-refractivity contribution < 1.29 is 21.2 Å². The van der Waals surface area contributed by atoms with Crippen molar-refractivity contribution in [2.24, 2.45) is 0 Å². The molecule has 0 bridgehead atoms. The van der Waals surface area contributed by atoms with Crippen molar-refractivity contribution in [3.63, 3.8) is 0 Å². The molecule has 1 aromatic carbocycles. The molecule has 0 amide bonds. The zero-order valence-corrected chi connectivity index (χ0v) is 14.0. The van der Waals surface area contributed by atoms with Crippen LogP contribution in [0.4, 0.5) is 4.39 Å². The first-order chi connectivity index (χ1) is 10.1. The third-order valence-electron chi connectivity index (χ3n) is 3.63. The van der Waals surface area contributed by atoms with Crippen LogP contribution in [-0.4, -0.2) is 46.5 Å². The minimum atomic E-state index is -3.88. The van der Waals surface area contributed by atoms with Crippen molar-refractivity contribution in [3.05, 3.63) is 29.6 Å². The SMILES string of the molecule is Cc1ccc(S(=O)(=O)NC2CCCN(S(C)(=O)=O)C2)cc1F. The van der Waals surface area contributed by atoms with Gasteiger partial charge in [0.25, 0.3) is 0 Å². The molecule has 6 nitrogen and oxygen atoms in total. The summed E-state index contributed by atoms with van der Waals surface area (Å²) >= 11 is 0. The largest absolute Gasteiger partial charge is 0.240 e. The number of hydrogen-bond donors (Lipinski definition) is 1. The van der Waals surface area contributed by atoms with Crippen LogP contribution < -0.4 is 4.72 Å². The predicted molar refractivity (Wildman–Crippen MR) is 80.9 cm³/mol. The number of nitrogens with zero attached hydrogens (tertiary/aromatic N) is 1. The molecule has 9 heteroatoms. The molecule has 1 fully saturated rings. The molecule has 1 atom stereocenters. The second-order valence-corrected chi connectivity index (χ2v) is 9.19. The predicted octanol–water partition coefficient (Wildman–Crippen LogP) is 0.836. The topological polar surface area (TPSA) is 83.6 Å². The molecule has 1 aliphatic rings. The van der Waals surface area contributed by atoms with E-state index in [0.717, 1.165) is 12.3 Å². The van der Waals surface area contributed by atoms with Crippen molar-refractivity contribution in [1.29, 1.82) is 0 Å². The molecule has 0 spiro atoms. The highest BCUT2D eigenvalue weighted by Crippen LogP contribution is 2.18. The van der Waals surface area contributed by atoms with Crippen molar-refractivity contribution in [2.75, 3.05) is 19.3 Å². The summed E-state index contributed by atoms with van der Waals surface area (Å²) < 4.78 is 64.9. The van der Waals surface area contributed by atoms with E-state index < -0.39 is 31.9 Å². The van der Waals surface area contributed by atoms with E-state index in [1.807, 2.05) is 0 Å². The maximum Gasteiger partial charge on any atom is 0.240 e. The van der Waals surface area contributed by atoms with Gasteiger partial charge in [-0.3, -0.25) is 0 Å². The lowest BCUT2D eigenvalue weighted by Crippen LogP contribution is -2.49. The first-order valence-corrected chi connectivity index (χ1v) is 10.2. The minimum absolute atomic E-state index is 0.0897. The quantitative estimate of drug-likeness (QED) is 0.872. The van der Waals surface area contributed by atoms with Gasteiger partial charge in [-0.05, 0) is 37.5 Å². The van der Waals surface area contributed by atoms with Crippen molar-refractivity contribution in [1.82, 2.24) is 9.03 Å². The summed E-state index contributed by atoms with van der Waals surface area (Å²) in [5.74, 6) is -0.593. The van der Waals surface area contributed by atoms with Crippen LogP contribution in [0.15, 0.2) is 23.1 Å². The molecule has 22 heavy (non-hydrogen) atoms. The van der Waals surface area contributed by atoms with Gasteiger partial charge in [0.1, 0.15) is 5.82 Å². The van der Waals surface area contributed by atoms with Crippen LogP contribution in [0.25, 0.3) is 0 Å². The van der Waals surface area contributed by atoms with Gasteiger partial charge in [-0.1, -0.05) is 6.07 Å². The van der Waals surface area contributed by atoms with Crippen LogP contribution in [0, 0.1) is 12.7 Å². The van der Waals surface area contributed by atoms with Crippen LogP contribution in [0.2, 0.25) is 0 Å². The molecule has 0 aromatic heterocycles. The van der Waals surface area contributed by atoms with Crippen LogP contribution in [-0.2, 0) is 20.0 Å². The van der Waals surface area contributed by atoms with E-state index in [2.05, 4.69) is 4.72 Å². The lowest BCUT2D eigenvalue weighted by molar-refractivity contribution is 0.305. The van der Waals surface area contributed by atoms with Gasteiger partial charge in [0.05, 0.1) is 11.2 Å². The number of sulfonamides is 2. The van der Waals surface area contributed by atoms with Gasteiger partial charge in [-0.25, -0.2) is 30.3 Å². The van der Waals surface area contributed by atoms with E-state index in [1.54, 1.807) is 6.92 Å². The Morgan fingerprint density at radius 1 is 1.27 bits per heavy atom. The average Bonchev–Trinajstić information content (AvgIpc) is 2.40. The van der Waals surface area contributed by atoms with Gasteiger partial charge >= 0.3 is 0 Å². The Morgan fingerprint density at radius 2 is 1.95 bits per heavy atom. The highest BCUT2D eigenvalue weighted by molar-refractivity contribution is 7.89. The lowest BCUT2D eigenvalue weighted by atomic mass is 10.1. The molecule has 1 aliphatic heterocycles. The summed E-state index contributed by atoms with van der Waals surface area (Å²) in [5, 5.41) is 0. The van der Waals surface area contributed by atoms with Gasteiger partial charge in [0.15, 0.2) is 0 Å². The van der Waals surface area contributed by atoms with Gasteiger partial charge in [-0.2, -0.15) is 0 Å². The summed E-state index contributed by atoms with van der Waals surface area (Å²) in [6.45, 7) is 2.02. The number of nitrogens with one attached hydrogen (secondary N) is 1. The molecule has 1 N–H and O–H groups in total. The fourth-order valence-corrected chi connectivity index (χ4v) is 4.55. The Morgan fingerprint density at radius 3 is 2.55 bits per heavy atom. The van der Waals surface area contributed by atoms with Crippen molar-refractivity contribution in [3.8, 4) is 0 Å². The normalized spacial score (nSPS) is 21.0. The van der Waals surface area contributed by atoms with E-state index in [0.29, 0.717) is 24.9 Å². The van der Waals surface area contributed by atoms with E-state index in [4.69, 9.17) is 0 Å². The standard InChI is InChI=1S/C13H19FN2O4S2/c1-10-5-6-12(8-13(10)14)22(19,20)15-11-4-3-7-16(9-11)21(2,17)18/h5-6,8,11,15H,3-4,7,9H2,1-2H3. The number of rotatable bonds is 4. The van der Waals surface area contributed by atoms with E-state index >= 15 is 0 Å². The molecule has 124 valence electrons. The maximum absolute atomic E-state index is 13.5. The van der Waals surface area contributed by atoms with E-state index in [-0.39, 0.29) is 11.4 Å². The van der Waals surface area contributed by atoms with Gasteiger partial charge in [0.2, 0.25) is 20.0 Å². The van der Waals surface area contributed by atoms with Crippen LogP contribution >= 0.6 is 0 Å². The second kappa shape index (κ2) is 6.23. The Bertz CT molecular complexity index is 762. The minimum Gasteiger partial charge on any atom is -0.213 e. The van der Waals surface area contributed by atoms with Crippen LogP contribution in [0.1, 0.15) is 18.4 Å². The molecule has 0 radical (unpaired) electrons. The third-order valence-corrected chi connectivity index (χ3v) is 6.42. The lowest BCUT2D eigenvalue weighted by Gasteiger charge is -2.31. The summed E-state index contributed by atoms with van der Waals surface area (Å²) in [4.78, 5) is -0.160. The maximum atomic E-state index is 13.5. The zero-order chi connectivity index (χ0) is 16.5. The first kappa shape index (κ1) is 17.3. The molecule has 1 aromatic rings. The Balaban J connectivity index is 2.16. The molecule has 1 heterocycles. The fraction of sp³-hybridized carbons (Fsp3) is 0.538. The Kier molecular flexibility index (Phi) is 4.90. The zero-order valence-electron chi connectivity index (χ0n) is 12.4. The number of aryl methyl sites for hydroxylation is 1. The highest BCUT2D eigenvalue weighted by atomic mass is 32.2. The van der Waals surface area contributed by atoms with Crippen LogP contribution in [0.5, 0.6) is 0 Å². The Labute approximate surface area is 130 Å². The third kappa shape index (κ3) is 4.03. The van der Waals surface area contributed by atoms with E-state index in [9.17, 15) is 21.2 Å². The second-order valence-electron chi connectivity index (χ2n) is 5.49. The molecule has 1 saturated heterocycles. The number of piperidine rings is 1. The smallest absolute Gasteiger partial charge is 0.213 e. The summed E-state index contributed by atoms with van der Waals surface area (Å²) in [6, 6.07) is 3.18. The number of halogens is 1. The summed E-state index contributed by atoms with van der Waals surface area (Å²) in [6.07, 6.45) is 2.21. The number of hydrogen-bond acceptors (Lipinski definition) is 4.